The van der Waals surface area contributed by atoms with E-state index in [1.54, 1.807) is 0 Å². The van der Waals surface area contributed by atoms with Gasteiger partial charge in [0.1, 0.15) is 0 Å². The molecule has 4 rings (SSSR count). The van der Waals surface area contributed by atoms with Crippen molar-refractivity contribution in [3.8, 4) is 0 Å². The molecule has 0 aromatic rings. The number of likely N-dealkylation sites (N-methyl/N-ethyl adjacent to an activating group) is 1. The Hall–Kier alpha value is -0.0800. The smallest absolute Gasteiger partial charge is 0.0698 e. The first-order chi connectivity index (χ1) is 14.6. The zero-order chi connectivity index (χ0) is 22.6. The topological polar surface area (TPSA) is 23.5 Å². The van der Waals surface area contributed by atoms with Crippen molar-refractivity contribution in [2.45, 2.75) is 117 Å². The highest BCUT2D eigenvalue weighted by Gasteiger charge is 2.61. The Kier molecular flexibility index (Phi) is 6.93. The number of hydrogen-bond acceptors (Lipinski definition) is 2. The maximum absolute atomic E-state index is 10.8. The molecule has 2 nitrogen and oxygen atoms in total. The molecule has 0 aromatic carbocycles. The highest BCUT2D eigenvalue weighted by molar-refractivity contribution is 5.11. The summed E-state index contributed by atoms with van der Waals surface area (Å²) in [4.78, 5) is 2.31. The zero-order valence-corrected chi connectivity index (χ0v) is 21.9. The second-order valence-electron chi connectivity index (χ2n) is 13.7. The van der Waals surface area contributed by atoms with Gasteiger partial charge >= 0.3 is 0 Å². The Morgan fingerprint density at radius 3 is 2.29 bits per heavy atom. The van der Waals surface area contributed by atoms with Crippen molar-refractivity contribution < 1.29 is 5.11 Å². The average Bonchev–Trinajstić information content (AvgIpc) is 3.05. The van der Waals surface area contributed by atoms with Crippen molar-refractivity contribution >= 4 is 0 Å². The van der Waals surface area contributed by atoms with E-state index >= 15 is 0 Å². The van der Waals surface area contributed by atoms with Crippen LogP contribution in [-0.4, -0.2) is 36.2 Å². The Morgan fingerprint density at radius 2 is 1.61 bits per heavy atom. The molecular weight excluding hydrogens is 378 g/mol. The van der Waals surface area contributed by atoms with Gasteiger partial charge in [-0.05, 0) is 118 Å². The summed E-state index contributed by atoms with van der Waals surface area (Å²) in [5, 5.41) is 10.8. The highest BCUT2D eigenvalue weighted by atomic mass is 16.3. The second kappa shape index (κ2) is 8.94. The lowest BCUT2D eigenvalue weighted by Gasteiger charge is -2.62. The van der Waals surface area contributed by atoms with Crippen LogP contribution in [0.1, 0.15) is 105 Å². The molecule has 0 unspecified atom stereocenters. The van der Waals surface area contributed by atoms with Crippen LogP contribution in [0.25, 0.3) is 0 Å². The summed E-state index contributed by atoms with van der Waals surface area (Å²) in [5.74, 6) is 6.27. The SMILES string of the molecule is CC(C)CCC[C@@H](C)[C@H]1CC[C@H]2[C@@H]3CC[C@H]4C[C@H](O)[C@@H](N(C)C)C[C@]4(C)[C@H]3CC[C@]12C. The monoisotopic (exact) mass is 431 g/mol. The van der Waals surface area contributed by atoms with Gasteiger partial charge in [0.05, 0.1) is 6.10 Å². The van der Waals surface area contributed by atoms with Gasteiger partial charge in [-0.15, -0.1) is 0 Å². The summed E-state index contributed by atoms with van der Waals surface area (Å²) in [7, 11) is 4.36. The minimum absolute atomic E-state index is 0.124. The van der Waals surface area contributed by atoms with E-state index in [-0.39, 0.29) is 6.10 Å². The summed E-state index contributed by atoms with van der Waals surface area (Å²) >= 11 is 0. The molecule has 4 fully saturated rings. The van der Waals surface area contributed by atoms with Crippen LogP contribution < -0.4 is 0 Å². The first kappa shape index (κ1) is 24.1. The number of nitrogens with zero attached hydrogens (tertiary/aromatic N) is 1. The van der Waals surface area contributed by atoms with Gasteiger partial charge in [0.2, 0.25) is 0 Å². The number of fused-ring (bicyclic) bond motifs is 5. The Balaban J connectivity index is 1.49. The van der Waals surface area contributed by atoms with Crippen LogP contribution in [0, 0.1) is 52.3 Å². The molecule has 0 saturated heterocycles. The minimum Gasteiger partial charge on any atom is -0.391 e. The van der Waals surface area contributed by atoms with Gasteiger partial charge in [-0.2, -0.15) is 0 Å². The molecule has 0 radical (unpaired) electrons. The van der Waals surface area contributed by atoms with Gasteiger partial charge < -0.3 is 10.0 Å². The molecule has 0 bridgehead atoms. The van der Waals surface area contributed by atoms with E-state index in [0.717, 1.165) is 47.8 Å². The van der Waals surface area contributed by atoms with E-state index in [9.17, 15) is 5.11 Å². The van der Waals surface area contributed by atoms with Crippen molar-refractivity contribution in [2.75, 3.05) is 14.1 Å². The second-order valence-corrected chi connectivity index (χ2v) is 13.7. The lowest BCUT2D eigenvalue weighted by Crippen LogP contribution is -2.58. The Bertz CT molecular complexity index is 616. The van der Waals surface area contributed by atoms with E-state index in [1.165, 1.54) is 64.2 Å². The van der Waals surface area contributed by atoms with E-state index in [1.807, 2.05) is 0 Å². The lowest BCUT2D eigenvalue weighted by atomic mass is 9.44. The first-order valence-corrected chi connectivity index (χ1v) is 13.9. The molecule has 31 heavy (non-hydrogen) atoms. The third-order valence-corrected chi connectivity index (χ3v) is 11.5. The van der Waals surface area contributed by atoms with E-state index < -0.39 is 0 Å². The predicted octanol–water partition coefficient (Wildman–Crippen LogP) is 7.01. The summed E-state index contributed by atoms with van der Waals surface area (Å²) in [6.07, 6.45) is 15.1. The Morgan fingerprint density at radius 1 is 0.903 bits per heavy atom. The molecule has 4 aliphatic carbocycles. The molecule has 0 spiro atoms. The summed E-state index contributed by atoms with van der Waals surface area (Å²) in [6.45, 7) is 12.7. The molecule has 4 saturated carbocycles. The van der Waals surface area contributed by atoms with E-state index in [4.69, 9.17) is 0 Å². The fourth-order valence-electron chi connectivity index (χ4n) is 9.83. The van der Waals surface area contributed by atoms with Gasteiger partial charge in [-0.25, -0.2) is 0 Å². The molecule has 4 aliphatic rings. The Labute approximate surface area is 193 Å². The molecule has 1 N–H and O–H groups in total. The largest absolute Gasteiger partial charge is 0.391 e. The summed E-state index contributed by atoms with van der Waals surface area (Å²) < 4.78 is 0. The molecule has 10 atom stereocenters. The van der Waals surface area contributed by atoms with Crippen LogP contribution in [0.5, 0.6) is 0 Å². The van der Waals surface area contributed by atoms with Crippen LogP contribution in [0.4, 0.5) is 0 Å². The number of rotatable bonds is 6. The molecule has 180 valence electrons. The lowest BCUT2D eigenvalue weighted by molar-refractivity contribution is -0.146. The van der Waals surface area contributed by atoms with Crippen LogP contribution in [0.3, 0.4) is 0 Å². The molecule has 0 heterocycles. The highest BCUT2D eigenvalue weighted by Crippen LogP contribution is 2.68. The molecule has 0 aromatic heterocycles. The van der Waals surface area contributed by atoms with Crippen molar-refractivity contribution in [2.24, 2.45) is 52.3 Å². The first-order valence-electron chi connectivity index (χ1n) is 13.9. The fourth-order valence-corrected chi connectivity index (χ4v) is 9.83. The maximum atomic E-state index is 10.8. The normalized spacial score (nSPS) is 48.4. The van der Waals surface area contributed by atoms with Crippen molar-refractivity contribution in [3.63, 3.8) is 0 Å². The van der Waals surface area contributed by atoms with Crippen molar-refractivity contribution in [3.05, 3.63) is 0 Å². The zero-order valence-electron chi connectivity index (χ0n) is 21.9. The van der Waals surface area contributed by atoms with Crippen molar-refractivity contribution in [1.29, 1.82) is 0 Å². The minimum atomic E-state index is -0.124. The van der Waals surface area contributed by atoms with Crippen LogP contribution in [0.2, 0.25) is 0 Å². The van der Waals surface area contributed by atoms with E-state index in [0.29, 0.717) is 16.9 Å². The maximum Gasteiger partial charge on any atom is 0.0698 e. The predicted molar refractivity (Wildman–Crippen MR) is 132 cm³/mol. The van der Waals surface area contributed by atoms with Gasteiger partial charge in [-0.3, -0.25) is 0 Å². The van der Waals surface area contributed by atoms with Gasteiger partial charge in [0, 0.05) is 6.04 Å². The van der Waals surface area contributed by atoms with Crippen molar-refractivity contribution in [1.82, 2.24) is 4.90 Å². The van der Waals surface area contributed by atoms with Crippen LogP contribution >= 0.6 is 0 Å². The standard InChI is InChI=1S/C29H53NO/c1-19(2)9-8-10-20(3)23-13-14-24-22-12-11-21-17-27(31)26(30(6)7)18-29(21,5)25(22)15-16-28(23,24)4/h19-27,31H,8-18H2,1-7H3/t20-,21+,22+,23-,24+,25+,26+,27+,28-,29+/m1/s1. The number of aliphatic hydroxyl groups excluding tert-OH is 1. The van der Waals surface area contributed by atoms with Crippen LogP contribution in [0.15, 0.2) is 0 Å². The molecular formula is C29H53NO. The quantitative estimate of drug-likeness (QED) is 0.489. The third-order valence-electron chi connectivity index (χ3n) is 11.5. The summed E-state index contributed by atoms with van der Waals surface area (Å²) in [6, 6.07) is 0.352. The summed E-state index contributed by atoms with van der Waals surface area (Å²) in [5.41, 5.74) is 1.04. The number of aliphatic hydroxyl groups is 1. The molecule has 0 amide bonds. The molecule has 2 heteroatoms. The van der Waals surface area contributed by atoms with Gasteiger partial charge in [-0.1, -0.05) is 53.9 Å². The number of hydrogen-bond donors (Lipinski definition) is 1. The average molecular weight is 432 g/mol. The molecule has 0 aliphatic heterocycles. The van der Waals surface area contributed by atoms with Crippen LogP contribution in [-0.2, 0) is 0 Å². The third kappa shape index (κ3) is 4.16. The van der Waals surface area contributed by atoms with Gasteiger partial charge in [0.25, 0.3) is 0 Å². The fraction of sp³-hybridized carbons (Fsp3) is 1.00. The van der Waals surface area contributed by atoms with Gasteiger partial charge in [0.15, 0.2) is 0 Å². The van der Waals surface area contributed by atoms with E-state index in [2.05, 4.69) is 53.6 Å².